The molecule has 11 nitrogen and oxygen atoms in total. The highest BCUT2D eigenvalue weighted by molar-refractivity contribution is 6.04. The molecule has 2 aromatic heterocycles. The zero-order valence-corrected chi connectivity index (χ0v) is 21.3. The first-order valence-corrected chi connectivity index (χ1v) is 12.0. The molecular weight excluding hydrogens is 490 g/mol. The predicted molar refractivity (Wildman–Crippen MR) is 139 cm³/mol. The zero-order chi connectivity index (χ0) is 26.6. The summed E-state index contributed by atoms with van der Waals surface area (Å²) in [6, 6.07) is 13.9. The maximum absolute atomic E-state index is 13.1. The molecule has 2 aromatic carbocycles. The van der Waals surface area contributed by atoms with Crippen molar-refractivity contribution in [2.75, 3.05) is 52.9 Å². The van der Waals surface area contributed by atoms with Crippen molar-refractivity contribution in [3.05, 3.63) is 66.0 Å². The van der Waals surface area contributed by atoms with E-state index in [1.807, 2.05) is 12.1 Å². The summed E-state index contributed by atoms with van der Waals surface area (Å²) < 4.78 is 23.1. The first-order valence-electron chi connectivity index (χ1n) is 12.0. The Morgan fingerprint density at radius 3 is 2.39 bits per heavy atom. The van der Waals surface area contributed by atoms with Gasteiger partial charge in [-0.15, -0.1) is 0 Å². The van der Waals surface area contributed by atoms with E-state index in [1.165, 1.54) is 7.11 Å². The molecule has 11 heteroatoms. The maximum atomic E-state index is 13.1. The van der Waals surface area contributed by atoms with Crippen LogP contribution in [0.4, 0.5) is 5.69 Å². The van der Waals surface area contributed by atoms with Crippen molar-refractivity contribution in [2.24, 2.45) is 0 Å². The van der Waals surface area contributed by atoms with Crippen molar-refractivity contribution in [1.82, 2.24) is 19.5 Å². The van der Waals surface area contributed by atoms with Crippen molar-refractivity contribution < 1.29 is 28.5 Å². The number of carbonyl (C=O) groups is 2. The molecule has 1 fully saturated rings. The van der Waals surface area contributed by atoms with Crippen LogP contribution >= 0.6 is 0 Å². The minimum atomic E-state index is -0.428. The number of ether oxygens (including phenoxy) is 4. The summed E-state index contributed by atoms with van der Waals surface area (Å²) >= 11 is 0. The van der Waals surface area contributed by atoms with Gasteiger partial charge in [-0.25, -0.2) is 9.50 Å². The third-order valence-corrected chi connectivity index (χ3v) is 6.26. The van der Waals surface area contributed by atoms with Crippen LogP contribution in [0.2, 0.25) is 0 Å². The number of hydrogen-bond donors (Lipinski definition) is 1. The Balaban J connectivity index is 1.39. The van der Waals surface area contributed by atoms with Gasteiger partial charge in [-0.2, -0.15) is 5.10 Å². The molecule has 0 bridgehead atoms. The SMILES string of the molecule is COc1ccc(-c2ccnc3cc(C(=O)Nc4ccc(C(=O)N5CCOCC5)c(OC)c4)nn23)cc1OC. The van der Waals surface area contributed by atoms with Gasteiger partial charge in [-0.05, 0) is 36.4 Å². The fraction of sp³-hybridized carbons (Fsp3) is 0.259. The topological polar surface area (TPSA) is 117 Å². The molecule has 1 saturated heterocycles. The first-order chi connectivity index (χ1) is 18.5. The Bertz CT molecular complexity index is 1490. The van der Waals surface area contributed by atoms with E-state index in [9.17, 15) is 9.59 Å². The fourth-order valence-corrected chi connectivity index (χ4v) is 4.30. The molecule has 38 heavy (non-hydrogen) atoms. The minimum Gasteiger partial charge on any atom is -0.496 e. The van der Waals surface area contributed by atoms with Crippen LogP contribution in [0.15, 0.2) is 54.7 Å². The highest BCUT2D eigenvalue weighted by Gasteiger charge is 2.22. The molecule has 0 spiro atoms. The molecule has 1 aliphatic rings. The first kappa shape index (κ1) is 25.0. The number of fused-ring (bicyclic) bond motifs is 1. The number of carbonyl (C=O) groups excluding carboxylic acids is 2. The van der Waals surface area contributed by atoms with Gasteiger partial charge >= 0.3 is 0 Å². The zero-order valence-electron chi connectivity index (χ0n) is 21.3. The van der Waals surface area contributed by atoms with Crippen molar-refractivity contribution in [3.63, 3.8) is 0 Å². The Kier molecular flexibility index (Phi) is 7.09. The molecule has 196 valence electrons. The lowest BCUT2D eigenvalue weighted by molar-refractivity contribution is 0.0301. The summed E-state index contributed by atoms with van der Waals surface area (Å²) in [5.74, 6) is 0.978. The Morgan fingerprint density at radius 1 is 0.895 bits per heavy atom. The molecule has 1 aliphatic heterocycles. The molecule has 1 N–H and O–H groups in total. The third-order valence-electron chi connectivity index (χ3n) is 6.26. The van der Waals surface area contributed by atoms with E-state index in [0.717, 1.165) is 11.3 Å². The summed E-state index contributed by atoms with van der Waals surface area (Å²) in [4.78, 5) is 32.1. The third kappa shape index (κ3) is 4.83. The van der Waals surface area contributed by atoms with Crippen LogP contribution in [0.25, 0.3) is 16.9 Å². The second kappa shape index (κ2) is 10.8. The van der Waals surface area contributed by atoms with E-state index in [2.05, 4.69) is 15.4 Å². The van der Waals surface area contributed by atoms with Gasteiger partial charge in [0.1, 0.15) is 5.75 Å². The maximum Gasteiger partial charge on any atom is 0.276 e. The van der Waals surface area contributed by atoms with Crippen LogP contribution in [0, 0.1) is 0 Å². The van der Waals surface area contributed by atoms with E-state index in [0.29, 0.717) is 60.4 Å². The average molecular weight is 518 g/mol. The van der Waals surface area contributed by atoms with Gasteiger partial charge in [0.15, 0.2) is 22.8 Å². The number of anilines is 1. The number of methoxy groups -OCH3 is 3. The Morgan fingerprint density at radius 2 is 1.66 bits per heavy atom. The average Bonchev–Trinajstić information content (AvgIpc) is 3.42. The van der Waals surface area contributed by atoms with Gasteiger partial charge in [-0.3, -0.25) is 9.59 Å². The van der Waals surface area contributed by atoms with Crippen LogP contribution in [0.1, 0.15) is 20.8 Å². The lowest BCUT2D eigenvalue weighted by Gasteiger charge is -2.27. The molecule has 0 aliphatic carbocycles. The molecule has 2 amide bonds. The Hall–Kier alpha value is -4.64. The number of rotatable bonds is 7. The van der Waals surface area contributed by atoms with Gasteiger partial charge in [0.05, 0.1) is 45.8 Å². The number of amides is 2. The van der Waals surface area contributed by atoms with Crippen molar-refractivity contribution in [2.45, 2.75) is 0 Å². The van der Waals surface area contributed by atoms with Crippen LogP contribution in [0.3, 0.4) is 0 Å². The van der Waals surface area contributed by atoms with Gasteiger partial charge < -0.3 is 29.2 Å². The monoisotopic (exact) mass is 517 g/mol. The number of hydrogen-bond acceptors (Lipinski definition) is 8. The molecule has 3 heterocycles. The lowest BCUT2D eigenvalue weighted by Crippen LogP contribution is -2.40. The molecule has 0 unspecified atom stereocenters. The fourth-order valence-electron chi connectivity index (χ4n) is 4.30. The summed E-state index contributed by atoms with van der Waals surface area (Å²) in [5, 5.41) is 7.33. The lowest BCUT2D eigenvalue weighted by atomic mass is 10.1. The van der Waals surface area contributed by atoms with Crippen molar-refractivity contribution in [1.29, 1.82) is 0 Å². The standard InChI is InChI=1S/C27H27N5O6/c1-35-22-7-4-17(14-24(22)37-3)21-8-9-28-25-16-20(30-32(21)25)26(33)29-18-5-6-19(23(15-18)36-2)27(34)31-10-12-38-13-11-31/h4-9,14-16H,10-13H2,1-3H3,(H,29,33). The van der Waals surface area contributed by atoms with E-state index >= 15 is 0 Å². The summed E-state index contributed by atoms with van der Waals surface area (Å²) in [5.41, 5.74) is 3.11. The van der Waals surface area contributed by atoms with Crippen LogP contribution < -0.4 is 19.5 Å². The number of morpholine rings is 1. The highest BCUT2D eigenvalue weighted by Crippen LogP contribution is 2.32. The summed E-state index contributed by atoms with van der Waals surface area (Å²) in [6.07, 6.45) is 1.65. The van der Waals surface area contributed by atoms with Gasteiger partial charge in [0, 0.05) is 42.7 Å². The largest absolute Gasteiger partial charge is 0.496 e. The van der Waals surface area contributed by atoms with E-state index < -0.39 is 5.91 Å². The predicted octanol–water partition coefficient (Wildman–Crippen LogP) is 3.15. The summed E-state index contributed by atoms with van der Waals surface area (Å²) in [7, 11) is 4.63. The molecule has 4 aromatic rings. The molecule has 0 atom stereocenters. The van der Waals surface area contributed by atoms with E-state index in [-0.39, 0.29) is 11.6 Å². The number of nitrogens with zero attached hydrogens (tertiary/aromatic N) is 4. The summed E-state index contributed by atoms with van der Waals surface area (Å²) in [6.45, 7) is 2.05. The van der Waals surface area contributed by atoms with Gasteiger partial charge in [-0.1, -0.05) is 0 Å². The second-order valence-electron chi connectivity index (χ2n) is 8.47. The quantitative estimate of drug-likeness (QED) is 0.398. The highest BCUT2D eigenvalue weighted by atomic mass is 16.5. The number of nitrogens with one attached hydrogen (secondary N) is 1. The van der Waals surface area contributed by atoms with Crippen LogP contribution in [0.5, 0.6) is 17.2 Å². The van der Waals surface area contributed by atoms with Crippen LogP contribution in [-0.4, -0.2) is 78.9 Å². The smallest absolute Gasteiger partial charge is 0.276 e. The molecule has 0 saturated carbocycles. The Labute approximate surface area is 218 Å². The minimum absolute atomic E-state index is 0.142. The number of aromatic nitrogens is 3. The van der Waals surface area contributed by atoms with E-state index in [4.69, 9.17) is 18.9 Å². The van der Waals surface area contributed by atoms with Crippen LogP contribution in [-0.2, 0) is 4.74 Å². The van der Waals surface area contributed by atoms with Gasteiger partial charge in [0.2, 0.25) is 0 Å². The van der Waals surface area contributed by atoms with Gasteiger partial charge in [0.25, 0.3) is 11.8 Å². The van der Waals surface area contributed by atoms with Crippen molar-refractivity contribution >= 4 is 23.1 Å². The van der Waals surface area contributed by atoms with E-state index in [1.54, 1.807) is 66.2 Å². The molecular formula is C27H27N5O6. The molecule has 0 radical (unpaired) electrons. The molecule has 5 rings (SSSR count). The van der Waals surface area contributed by atoms with Crippen molar-refractivity contribution in [3.8, 4) is 28.5 Å². The normalized spacial score (nSPS) is 13.3. The number of benzene rings is 2. The second-order valence-corrected chi connectivity index (χ2v) is 8.47.